The average Bonchev–Trinajstić information content (AvgIpc) is 2.74. The van der Waals surface area contributed by atoms with Gasteiger partial charge in [0.15, 0.2) is 0 Å². The topological polar surface area (TPSA) is 37.3 Å². The van der Waals surface area contributed by atoms with E-state index in [4.69, 9.17) is 0 Å². The van der Waals surface area contributed by atoms with E-state index in [2.05, 4.69) is 6.92 Å². The summed E-state index contributed by atoms with van der Waals surface area (Å²) in [5.74, 6) is -4.13. The predicted octanol–water partition coefficient (Wildman–Crippen LogP) is 7.46. The first-order chi connectivity index (χ1) is 14.5. The fraction of sp³-hybridized carbons (Fsp3) is 0.708. The molecule has 0 unspecified atom stereocenters. The second kappa shape index (κ2) is 9.07. The molecule has 0 aromatic heterocycles. The van der Waals surface area contributed by atoms with Gasteiger partial charge in [-0.05, 0) is 61.8 Å². The van der Waals surface area contributed by atoms with Crippen molar-refractivity contribution >= 4 is 5.97 Å². The molecule has 0 spiro atoms. The smallest absolute Gasteiger partial charge is 0.458 e. The van der Waals surface area contributed by atoms with Crippen molar-refractivity contribution < 1.29 is 31.9 Å². The molecule has 2 saturated carbocycles. The molecule has 2 aliphatic rings. The van der Waals surface area contributed by atoms with E-state index >= 15 is 0 Å². The summed E-state index contributed by atoms with van der Waals surface area (Å²) in [4.78, 5) is 12.2. The molecular weight excluding hydrogens is 415 g/mol. The van der Waals surface area contributed by atoms with Crippen LogP contribution in [0.4, 0.5) is 22.0 Å². The highest BCUT2D eigenvalue weighted by Crippen LogP contribution is 2.49. The van der Waals surface area contributed by atoms with Crippen molar-refractivity contribution in [3.8, 4) is 0 Å². The molecule has 0 atom stereocenters. The minimum absolute atomic E-state index is 0.312. The predicted molar refractivity (Wildman–Crippen MR) is 108 cm³/mol. The van der Waals surface area contributed by atoms with Crippen molar-refractivity contribution in [2.75, 3.05) is 0 Å². The second-order valence-corrected chi connectivity index (χ2v) is 9.44. The summed E-state index contributed by atoms with van der Waals surface area (Å²) in [7, 11) is 0. The van der Waals surface area contributed by atoms with E-state index in [1.54, 1.807) is 0 Å². The van der Waals surface area contributed by atoms with Crippen LogP contribution in [0.25, 0.3) is 0 Å². The maximum absolute atomic E-state index is 13.6. The van der Waals surface area contributed by atoms with E-state index in [0.29, 0.717) is 42.4 Å². The van der Waals surface area contributed by atoms with Crippen LogP contribution in [0.2, 0.25) is 0 Å². The summed E-state index contributed by atoms with van der Waals surface area (Å²) in [5, 5.41) is 9.96. The number of rotatable bonds is 6. The monoisotopic (exact) mass is 446 g/mol. The number of halogens is 5. The van der Waals surface area contributed by atoms with E-state index in [-0.39, 0.29) is 0 Å². The van der Waals surface area contributed by atoms with Crippen LogP contribution < -0.4 is 0 Å². The summed E-state index contributed by atoms with van der Waals surface area (Å²) in [5.41, 5.74) is -2.07. The SMILES string of the molecule is CCCC1CCC(C2CCC(C(=O)O)(c3ccc(C(F)(F)C(F)(F)F)cc3)CC2)CC1. The van der Waals surface area contributed by atoms with Gasteiger partial charge in [-0.3, -0.25) is 4.79 Å². The van der Waals surface area contributed by atoms with Crippen molar-refractivity contribution in [1.82, 2.24) is 0 Å². The van der Waals surface area contributed by atoms with Crippen LogP contribution in [-0.4, -0.2) is 17.3 Å². The molecule has 0 saturated heterocycles. The number of hydrogen-bond acceptors (Lipinski definition) is 1. The van der Waals surface area contributed by atoms with E-state index in [9.17, 15) is 31.9 Å². The van der Waals surface area contributed by atoms with Gasteiger partial charge in [-0.1, -0.05) is 56.9 Å². The fourth-order valence-electron chi connectivity index (χ4n) is 5.75. The summed E-state index contributed by atoms with van der Waals surface area (Å²) in [6.07, 6.45) is 3.86. The Kier molecular flexibility index (Phi) is 7.02. The van der Waals surface area contributed by atoms with Crippen LogP contribution in [0, 0.1) is 17.8 Å². The van der Waals surface area contributed by atoms with Gasteiger partial charge < -0.3 is 5.11 Å². The van der Waals surface area contributed by atoms with Gasteiger partial charge in [0.2, 0.25) is 0 Å². The lowest BCUT2D eigenvalue weighted by Gasteiger charge is -2.42. The lowest BCUT2D eigenvalue weighted by Crippen LogP contribution is -2.41. The zero-order valence-electron chi connectivity index (χ0n) is 17.9. The second-order valence-electron chi connectivity index (χ2n) is 9.44. The van der Waals surface area contributed by atoms with Crippen molar-refractivity contribution in [2.45, 2.75) is 88.6 Å². The third kappa shape index (κ3) is 4.75. The minimum atomic E-state index is -5.69. The normalized spacial score (nSPS) is 30.2. The van der Waals surface area contributed by atoms with Gasteiger partial charge >= 0.3 is 18.1 Å². The number of carbonyl (C=O) groups is 1. The van der Waals surface area contributed by atoms with Gasteiger partial charge in [0.05, 0.1) is 5.41 Å². The molecule has 174 valence electrons. The largest absolute Gasteiger partial charge is 0.481 e. The molecule has 0 heterocycles. The van der Waals surface area contributed by atoms with Gasteiger partial charge in [-0.15, -0.1) is 0 Å². The van der Waals surface area contributed by atoms with Crippen LogP contribution >= 0.6 is 0 Å². The van der Waals surface area contributed by atoms with Gasteiger partial charge in [0.1, 0.15) is 0 Å². The molecule has 0 amide bonds. The molecule has 1 aromatic rings. The lowest BCUT2D eigenvalue weighted by atomic mass is 9.62. The first-order valence-corrected chi connectivity index (χ1v) is 11.3. The molecule has 2 aliphatic carbocycles. The molecular formula is C24H31F5O2. The quantitative estimate of drug-likeness (QED) is 0.461. The molecule has 3 rings (SSSR count). The molecule has 0 aliphatic heterocycles. The molecule has 2 fully saturated rings. The third-order valence-electron chi connectivity index (χ3n) is 7.70. The first kappa shape index (κ1) is 24.0. The van der Waals surface area contributed by atoms with Crippen LogP contribution in [0.15, 0.2) is 24.3 Å². The Morgan fingerprint density at radius 2 is 1.45 bits per heavy atom. The highest BCUT2D eigenvalue weighted by atomic mass is 19.4. The van der Waals surface area contributed by atoms with Crippen LogP contribution in [0.3, 0.4) is 0 Å². The summed E-state index contributed by atoms with van der Waals surface area (Å²) in [6.45, 7) is 2.20. The van der Waals surface area contributed by atoms with Crippen molar-refractivity contribution in [1.29, 1.82) is 0 Å². The third-order valence-corrected chi connectivity index (χ3v) is 7.70. The number of aliphatic carboxylic acids is 1. The summed E-state index contributed by atoms with van der Waals surface area (Å²) in [6, 6.07) is 3.71. The molecule has 1 aromatic carbocycles. The van der Waals surface area contributed by atoms with Crippen molar-refractivity contribution in [2.24, 2.45) is 17.8 Å². The van der Waals surface area contributed by atoms with Crippen LogP contribution in [0.5, 0.6) is 0 Å². The Bertz CT molecular complexity index is 740. The number of hydrogen-bond donors (Lipinski definition) is 1. The van der Waals surface area contributed by atoms with Crippen LogP contribution in [0.1, 0.15) is 82.3 Å². The van der Waals surface area contributed by atoms with Crippen molar-refractivity contribution in [3.63, 3.8) is 0 Å². The maximum atomic E-state index is 13.6. The maximum Gasteiger partial charge on any atom is 0.458 e. The Labute approximate surface area is 180 Å². The first-order valence-electron chi connectivity index (χ1n) is 11.3. The van der Waals surface area contributed by atoms with Crippen molar-refractivity contribution in [3.05, 3.63) is 35.4 Å². The van der Waals surface area contributed by atoms with E-state index in [0.717, 1.165) is 30.9 Å². The summed E-state index contributed by atoms with van der Waals surface area (Å²) < 4.78 is 65.0. The number of alkyl halides is 5. The Morgan fingerprint density at radius 1 is 0.935 bits per heavy atom. The Morgan fingerprint density at radius 3 is 1.90 bits per heavy atom. The number of benzene rings is 1. The fourth-order valence-corrected chi connectivity index (χ4v) is 5.75. The lowest BCUT2D eigenvalue weighted by molar-refractivity contribution is -0.289. The average molecular weight is 447 g/mol. The molecule has 2 nitrogen and oxygen atoms in total. The van der Waals surface area contributed by atoms with E-state index < -0.39 is 29.0 Å². The Hall–Kier alpha value is -1.66. The van der Waals surface area contributed by atoms with E-state index in [1.807, 2.05) is 0 Å². The standard InChI is InChI=1S/C24H31F5O2/c1-2-3-16-4-6-17(7-5-16)18-12-14-22(15-13-18,21(30)31)19-8-10-20(11-9-19)23(25,26)24(27,28)29/h8-11,16-18H,2-7,12-15H2,1H3,(H,30,31). The molecule has 0 bridgehead atoms. The number of carboxylic acid groups (broad SMARTS) is 1. The zero-order chi connectivity index (χ0) is 22.9. The number of carboxylic acids is 1. The van der Waals surface area contributed by atoms with Gasteiger partial charge in [0.25, 0.3) is 0 Å². The molecule has 31 heavy (non-hydrogen) atoms. The van der Waals surface area contributed by atoms with E-state index in [1.165, 1.54) is 38.5 Å². The highest BCUT2D eigenvalue weighted by Gasteiger charge is 2.58. The van der Waals surface area contributed by atoms with Gasteiger partial charge in [0, 0.05) is 5.56 Å². The molecule has 0 radical (unpaired) electrons. The molecule has 1 N–H and O–H groups in total. The van der Waals surface area contributed by atoms with Crippen LogP contribution in [-0.2, 0) is 16.1 Å². The van der Waals surface area contributed by atoms with Gasteiger partial charge in [-0.25, -0.2) is 0 Å². The summed E-state index contributed by atoms with van der Waals surface area (Å²) >= 11 is 0. The Balaban J connectivity index is 1.70. The van der Waals surface area contributed by atoms with Gasteiger partial charge in [-0.2, -0.15) is 22.0 Å². The molecule has 7 heteroatoms. The highest BCUT2D eigenvalue weighted by molar-refractivity contribution is 5.81. The minimum Gasteiger partial charge on any atom is -0.481 e. The zero-order valence-corrected chi connectivity index (χ0v) is 17.9.